The number of nitrogens with one attached hydrogen (secondary N) is 1. The van der Waals surface area contributed by atoms with Gasteiger partial charge in [-0.1, -0.05) is 18.7 Å². The van der Waals surface area contributed by atoms with E-state index in [9.17, 15) is 9.59 Å². The number of hydrogen-bond donors (Lipinski definition) is 2. The van der Waals surface area contributed by atoms with Crippen LogP contribution in [0.1, 0.15) is 39.1 Å². The third-order valence-corrected chi connectivity index (χ3v) is 5.73. The Hall–Kier alpha value is -4.21. The Morgan fingerprint density at radius 3 is 2.75 bits per heavy atom. The molecule has 0 unspecified atom stereocenters. The van der Waals surface area contributed by atoms with Gasteiger partial charge in [-0.05, 0) is 51.0 Å². The molecule has 0 radical (unpaired) electrons. The van der Waals surface area contributed by atoms with Crippen LogP contribution in [0.3, 0.4) is 0 Å². The minimum atomic E-state index is -0.615. The summed E-state index contributed by atoms with van der Waals surface area (Å²) in [6.07, 6.45) is 4.70. The molecule has 3 aromatic rings. The van der Waals surface area contributed by atoms with E-state index in [1.807, 2.05) is 25.1 Å². The number of piperazine rings is 1. The van der Waals surface area contributed by atoms with Crippen molar-refractivity contribution >= 4 is 51.5 Å². The van der Waals surface area contributed by atoms with Gasteiger partial charge in [-0.3, -0.25) is 14.7 Å². The number of aromatic nitrogens is 3. The summed E-state index contributed by atoms with van der Waals surface area (Å²) in [4.78, 5) is 44.9. The summed E-state index contributed by atoms with van der Waals surface area (Å²) in [7, 11) is 0. The maximum absolute atomic E-state index is 12.8. The number of nitrogens with zero attached hydrogens (tertiary/aromatic N) is 5. The van der Waals surface area contributed by atoms with E-state index < -0.39 is 11.7 Å². The van der Waals surface area contributed by atoms with Gasteiger partial charge in [0.15, 0.2) is 0 Å². The number of fused-ring (bicyclic) bond motifs is 3. The van der Waals surface area contributed by atoms with Crippen LogP contribution in [0.2, 0.25) is 0 Å². The molecule has 1 saturated heterocycles. The van der Waals surface area contributed by atoms with Crippen LogP contribution in [-0.4, -0.2) is 68.2 Å². The number of nitrogens with two attached hydrogens (primary N) is 1. The van der Waals surface area contributed by atoms with Gasteiger partial charge in [-0.15, -0.1) is 0 Å². The summed E-state index contributed by atoms with van der Waals surface area (Å²) < 4.78 is 5.38. The number of aromatic amines is 1. The van der Waals surface area contributed by atoms with Gasteiger partial charge in [0.05, 0.1) is 12.1 Å². The predicted octanol–water partition coefficient (Wildman–Crippen LogP) is 3.89. The van der Waals surface area contributed by atoms with Gasteiger partial charge in [-0.25, -0.2) is 14.8 Å². The third kappa shape index (κ3) is 5.22. The monoisotopic (exact) mass is 489 g/mol. The molecule has 2 amide bonds. The Morgan fingerprint density at radius 1 is 1.31 bits per heavy atom. The van der Waals surface area contributed by atoms with Crippen molar-refractivity contribution in [2.45, 2.75) is 39.8 Å². The fourth-order valence-electron chi connectivity index (χ4n) is 4.01. The van der Waals surface area contributed by atoms with Crippen molar-refractivity contribution in [2.24, 2.45) is 4.99 Å². The van der Waals surface area contributed by atoms with Crippen LogP contribution in [0.5, 0.6) is 0 Å². The van der Waals surface area contributed by atoms with Crippen LogP contribution < -0.4 is 5.73 Å². The quantitative estimate of drug-likeness (QED) is 0.413. The number of benzene rings is 1. The number of carbonyl (C=O) groups is 2. The number of rotatable bonds is 5. The topological polar surface area (TPSA) is 130 Å². The van der Waals surface area contributed by atoms with Crippen LogP contribution in [0, 0.1) is 0 Å². The van der Waals surface area contributed by atoms with E-state index in [1.54, 1.807) is 44.2 Å². The predicted molar refractivity (Wildman–Crippen MR) is 141 cm³/mol. The molecule has 0 saturated carbocycles. The number of allylic oxidation sites excluding steroid dienone is 2. The summed E-state index contributed by atoms with van der Waals surface area (Å²) in [6, 6.07) is 5.84. The third-order valence-electron chi connectivity index (χ3n) is 5.73. The summed E-state index contributed by atoms with van der Waals surface area (Å²) in [5.41, 5.74) is 9.44. The van der Waals surface area contributed by atoms with Crippen molar-refractivity contribution in [3.05, 3.63) is 48.4 Å². The largest absolute Gasteiger partial charge is 0.444 e. The zero-order valence-corrected chi connectivity index (χ0v) is 21.0. The highest BCUT2D eigenvalue weighted by Gasteiger charge is 2.30. The molecule has 10 heteroatoms. The zero-order valence-electron chi connectivity index (χ0n) is 21.0. The number of ether oxygens (including phenoxy) is 1. The molecule has 0 aliphatic carbocycles. The fraction of sp³-hybridized carbons (Fsp3) is 0.346. The van der Waals surface area contributed by atoms with E-state index in [1.165, 1.54) is 4.90 Å². The molecule has 36 heavy (non-hydrogen) atoms. The Labute approximate surface area is 209 Å². The lowest BCUT2D eigenvalue weighted by Crippen LogP contribution is -2.52. The second-order valence-electron chi connectivity index (χ2n) is 9.55. The Kier molecular flexibility index (Phi) is 6.78. The maximum Gasteiger partial charge on any atom is 0.410 e. The van der Waals surface area contributed by atoms with Crippen LogP contribution in [0.25, 0.3) is 27.5 Å². The molecular formula is C26H31N7O3. The van der Waals surface area contributed by atoms with Crippen molar-refractivity contribution < 1.29 is 14.3 Å². The standard InChI is InChI=1S/C26H31N7O3/c1-6-16(13-28-7-2)17-8-9-18-19(12-17)29-24(27)23-22(18)30-20(31-23)14-32-10-11-33(15-21(32)34)25(35)36-26(3,4)5/h6-9,12-13H,1,10-11,14-15H2,2-5H3,(H2,27,29)(H,30,31)/b16-13+,28-7?. The zero-order chi connectivity index (χ0) is 26.0. The number of H-pyrrole nitrogens is 1. The van der Waals surface area contributed by atoms with Gasteiger partial charge in [0, 0.05) is 30.9 Å². The molecule has 1 fully saturated rings. The molecular weight excluding hydrogens is 458 g/mol. The minimum absolute atomic E-state index is 0.0359. The number of anilines is 1. The first-order valence-electron chi connectivity index (χ1n) is 11.7. The molecule has 1 aliphatic heterocycles. The summed E-state index contributed by atoms with van der Waals surface area (Å²) in [5, 5.41) is 0.842. The summed E-state index contributed by atoms with van der Waals surface area (Å²) >= 11 is 0. The molecule has 188 valence electrons. The Bertz CT molecular complexity index is 1400. The van der Waals surface area contributed by atoms with Crippen LogP contribution in [-0.2, 0) is 16.1 Å². The molecule has 1 aromatic carbocycles. The van der Waals surface area contributed by atoms with E-state index in [-0.39, 0.29) is 19.0 Å². The molecule has 3 heterocycles. The van der Waals surface area contributed by atoms with E-state index in [2.05, 4.69) is 21.5 Å². The van der Waals surface area contributed by atoms with Gasteiger partial charge < -0.3 is 20.4 Å². The summed E-state index contributed by atoms with van der Waals surface area (Å²) in [5.74, 6) is 0.745. The van der Waals surface area contributed by atoms with Crippen molar-refractivity contribution in [1.82, 2.24) is 24.8 Å². The van der Waals surface area contributed by atoms with Crippen molar-refractivity contribution in [1.29, 1.82) is 0 Å². The van der Waals surface area contributed by atoms with Gasteiger partial charge in [-0.2, -0.15) is 0 Å². The van der Waals surface area contributed by atoms with E-state index in [4.69, 9.17) is 15.5 Å². The smallest absolute Gasteiger partial charge is 0.410 e. The highest BCUT2D eigenvalue weighted by Crippen LogP contribution is 2.29. The van der Waals surface area contributed by atoms with E-state index in [0.717, 1.165) is 16.5 Å². The number of pyridine rings is 1. The van der Waals surface area contributed by atoms with Crippen molar-refractivity contribution in [3.8, 4) is 0 Å². The highest BCUT2D eigenvalue weighted by molar-refractivity contribution is 6.07. The molecule has 3 N–H and O–H groups in total. The first-order chi connectivity index (χ1) is 17.1. The number of amides is 2. The first-order valence-corrected chi connectivity index (χ1v) is 11.7. The molecule has 0 bridgehead atoms. The molecule has 0 atom stereocenters. The van der Waals surface area contributed by atoms with E-state index >= 15 is 0 Å². The van der Waals surface area contributed by atoms with Gasteiger partial charge in [0.25, 0.3) is 0 Å². The Balaban J connectivity index is 1.56. The van der Waals surface area contributed by atoms with Gasteiger partial charge in [0.2, 0.25) is 5.91 Å². The molecule has 1 aliphatic rings. The first kappa shape index (κ1) is 24.9. The van der Waals surface area contributed by atoms with Crippen molar-refractivity contribution in [2.75, 3.05) is 25.4 Å². The lowest BCUT2D eigenvalue weighted by atomic mass is 10.0. The van der Waals surface area contributed by atoms with Crippen molar-refractivity contribution in [3.63, 3.8) is 0 Å². The second kappa shape index (κ2) is 9.80. The summed E-state index contributed by atoms with van der Waals surface area (Å²) in [6.45, 7) is 12.1. The van der Waals surface area contributed by atoms with Crippen LogP contribution >= 0.6 is 0 Å². The lowest BCUT2D eigenvalue weighted by molar-refractivity contribution is -0.136. The normalized spacial score (nSPS) is 15.3. The van der Waals surface area contributed by atoms with Crippen LogP contribution in [0.15, 0.2) is 42.0 Å². The van der Waals surface area contributed by atoms with Crippen LogP contribution in [0.4, 0.5) is 10.6 Å². The maximum atomic E-state index is 12.8. The number of aliphatic imine (C=N–C) groups is 1. The Morgan fingerprint density at radius 2 is 2.08 bits per heavy atom. The average Bonchev–Trinajstić information content (AvgIpc) is 3.24. The van der Waals surface area contributed by atoms with Gasteiger partial charge in [0.1, 0.15) is 34.8 Å². The average molecular weight is 490 g/mol. The molecule has 0 spiro atoms. The number of hydrogen-bond acceptors (Lipinski definition) is 7. The second-order valence-corrected chi connectivity index (χ2v) is 9.55. The fourth-order valence-corrected chi connectivity index (χ4v) is 4.01. The molecule has 10 nitrogen and oxygen atoms in total. The SMILES string of the molecule is C=C/C(=C\N=CC)c1ccc2c(c1)nc(N)c1[nH]c(CN3CCN(C(=O)OC(C)(C)C)CC3=O)nc12. The number of carbonyl (C=O) groups excluding carboxylic acids is 2. The molecule has 4 rings (SSSR count). The lowest BCUT2D eigenvalue weighted by Gasteiger charge is -2.34. The van der Waals surface area contributed by atoms with E-state index in [0.29, 0.717) is 41.3 Å². The highest BCUT2D eigenvalue weighted by atomic mass is 16.6. The minimum Gasteiger partial charge on any atom is -0.444 e. The molecule has 2 aromatic heterocycles. The van der Waals surface area contributed by atoms with Gasteiger partial charge >= 0.3 is 6.09 Å². The number of nitrogen functional groups attached to an aromatic ring is 1. The number of imidazole rings is 1.